The molecule has 0 spiro atoms. The molecule has 0 saturated heterocycles. The summed E-state index contributed by atoms with van der Waals surface area (Å²) in [4.78, 5) is 6.46. The lowest BCUT2D eigenvalue weighted by atomic mass is 10.0. The molecule has 0 aromatic rings. The van der Waals surface area contributed by atoms with E-state index in [9.17, 15) is 8.78 Å². The third kappa shape index (κ3) is 1.95. The molecule has 2 heterocycles. The Morgan fingerprint density at radius 1 is 1.35 bits per heavy atom. The molecule has 0 radical (unpaired) electrons. The molecule has 2 aliphatic rings. The van der Waals surface area contributed by atoms with Crippen molar-refractivity contribution < 1.29 is 8.78 Å². The van der Waals surface area contributed by atoms with Crippen molar-refractivity contribution in [2.45, 2.75) is 26.7 Å². The van der Waals surface area contributed by atoms with Crippen LogP contribution in [0.1, 0.15) is 30.9 Å². The number of fused-ring (bicyclic) bond motifs is 1. The van der Waals surface area contributed by atoms with Gasteiger partial charge in [0, 0.05) is 5.56 Å². The van der Waals surface area contributed by atoms with Crippen molar-refractivity contribution in [1.82, 2.24) is 9.97 Å². The van der Waals surface area contributed by atoms with E-state index in [1.54, 1.807) is 6.07 Å². The smallest absolute Gasteiger partial charge is 0.198 e. The van der Waals surface area contributed by atoms with E-state index in [0.29, 0.717) is 4.64 Å². The highest BCUT2D eigenvalue weighted by atomic mass is 32.1. The minimum absolute atomic E-state index is 0.0360. The third-order valence-electron chi connectivity index (χ3n) is 2.76. The van der Waals surface area contributed by atoms with Crippen LogP contribution in [0, 0.1) is 23.3 Å². The largest absolute Gasteiger partial charge is 0.316 e. The van der Waals surface area contributed by atoms with Crippen LogP contribution in [0.25, 0.3) is 11.4 Å². The Bertz CT molecular complexity index is 605. The summed E-state index contributed by atoms with van der Waals surface area (Å²) in [6.45, 7) is 5.30. The molecule has 0 aliphatic carbocycles. The maximum absolute atomic E-state index is 13.9. The number of H-pyrrole nitrogens is 1. The van der Waals surface area contributed by atoms with Crippen LogP contribution in [0.4, 0.5) is 8.78 Å². The summed E-state index contributed by atoms with van der Waals surface area (Å²) in [6, 6.07) is 1.65. The summed E-state index contributed by atoms with van der Waals surface area (Å²) in [7, 11) is 0. The van der Waals surface area contributed by atoms with E-state index in [2.05, 4.69) is 9.97 Å². The van der Waals surface area contributed by atoms with Crippen molar-refractivity contribution in [3.8, 4) is 11.4 Å². The second-order valence-electron chi connectivity index (χ2n) is 4.31. The van der Waals surface area contributed by atoms with Gasteiger partial charge in [-0.3, -0.25) is 0 Å². The molecule has 17 heavy (non-hydrogen) atoms. The van der Waals surface area contributed by atoms with E-state index in [-0.39, 0.29) is 22.9 Å². The standard InChI is InChI=1S/C12H12F2N2S/c1-5(2)7-4-8-9(13)6(3)10(14)15-11(8)16-12(7)17/h4-5H,1-3H3,(H,15,16,17). The molecule has 0 bridgehead atoms. The molecule has 2 nitrogen and oxygen atoms in total. The molecule has 0 fully saturated rings. The molecule has 1 N–H and O–H groups in total. The molecule has 0 aromatic carbocycles. The number of nitrogens with zero attached hydrogens (tertiary/aromatic N) is 1. The zero-order chi connectivity index (χ0) is 12.7. The number of hydrogen-bond donors (Lipinski definition) is 1. The van der Waals surface area contributed by atoms with Gasteiger partial charge in [0.05, 0.1) is 5.56 Å². The Hall–Kier alpha value is -1.36. The minimum atomic E-state index is -0.714. The summed E-state index contributed by atoms with van der Waals surface area (Å²) in [5.41, 5.74) is 1.04. The highest BCUT2D eigenvalue weighted by molar-refractivity contribution is 7.71. The first kappa shape index (κ1) is 12.1. The van der Waals surface area contributed by atoms with Gasteiger partial charge in [0.15, 0.2) is 5.95 Å². The van der Waals surface area contributed by atoms with Crippen LogP contribution in [0.15, 0.2) is 6.07 Å². The van der Waals surface area contributed by atoms with Crippen LogP contribution in [0.3, 0.4) is 0 Å². The average Bonchev–Trinajstić information content (AvgIpc) is 2.25. The molecular formula is C12H12F2N2S. The van der Waals surface area contributed by atoms with E-state index in [4.69, 9.17) is 12.2 Å². The summed E-state index contributed by atoms with van der Waals surface area (Å²) in [6.07, 6.45) is 0. The van der Waals surface area contributed by atoms with Crippen molar-refractivity contribution in [2.24, 2.45) is 0 Å². The fourth-order valence-electron chi connectivity index (χ4n) is 1.68. The Morgan fingerprint density at radius 2 is 2.00 bits per heavy atom. The maximum atomic E-state index is 13.9. The van der Waals surface area contributed by atoms with Crippen molar-refractivity contribution in [1.29, 1.82) is 0 Å². The number of hydrogen-bond acceptors (Lipinski definition) is 2. The van der Waals surface area contributed by atoms with Crippen LogP contribution in [0.2, 0.25) is 0 Å². The molecule has 2 rings (SSSR count). The summed E-state index contributed by atoms with van der Waals surface area (Å²) in [5.74, 6) is -0.987. The van der Waals surface area contributed by atoms with E-state index in [0.717, 1.165) is 5.56 Å². The van der Waals surface area contributed by atoms with E-state index < -0.39 is 11.8 Å². The van der Waals surface area contributed by atoms with Gasteiger partial charge >= 0.3 is 0 Å². The van der Waals surface area contributed by atoms with Gasteiger partial charge in [-0.05, 0) is 24.5 Å². The van der Waals surface area contributed by atoms with Gasteiger partial charge < -0.3 is 4.98 Å². The number of aromatic amines is 1. The zero-order valence-corrected chi connectivity index (χ0v) is 10.6. The van der Waals surface area contributed by atoms with Crippen LogP contribution >= 0.6 is 12.2 Å². The van der Waals surface area contributed by atoms with Crippen LogP contribution < -0.4 is 0 Å². The predicted molar refractivity (Wildman–Crippen MR) is 64.8 cm³/mol. The van der Waals surface area contributed by atoms with E-state index >= 15 is 0 Å². The lowest BCUT2D eigenvalue weighted by Crippen LogP contribution is -2.05. The van der Waals surface area contributed by atoms with Crippen LogP contribution in [-0.2, 0) is 0 Å². The lowest BCUT2D eigenvalue weighted by Gasteiger charge is -2.13. The molecule has 0 amide bonds. The third-order valence-corrected chi connectivity index (χ3v) is 3.09. The number of halogens is 2. The highest BCUT2D eigenvalue weighted by Gasteiger charge is 2.18. The Labute approximate surface area is 103 Å². The van der Waals surface area contributed by atoms with Gasteiger partial charge in [-0.1, -0.05) is 26.1 Å². The first-order valence-electron chi connectivity index (χ1n) is 5.30. The van der Waals surface area contributed by atoms with Gasteiger partial charge in [0.1, 0.15) is 16.3 Å². The van der Waals surface area contributed by atoms with Crippen LogP contribution in [0.5, 0.6) is 0 Å². The lowest BCUT2D eigenvalue weighted by molar-refractivity contribution is 0.537. The van der Waals surface area contributed by atoms with Gasteiger partial charge in [-0.25, -0.2) is 9.37 Å². The number of rotatable bonds is 1. The molecule has 0 atom stereocenters. The summed E-state index contributed by atoms with van der Waals surface area (Å²) in [5, 5.41) is 0. The average molecular weight is 254 g/mol. The molecule has 0 saturated carbocycles. The normalized spacial score (nSPS) is 11.4. The maximum Gasteiger partial charge on any atom is 0.198 e. The molecule has 5 heteroatoms. The molecular weight excluding hydrogens is 242 g/mol. The first-order valence-corrected chi connectivity index (χ1v) is 5.71. The van der Waals surface area contributed by atoms with Crippen LogP contribution in [-0.4, -0.2) is 9.97 Å². The predicted octanol–water partition coefficient (Wildman–Crippen LogP) is 3.95. The fraction of sp³-hybridized carbons (Fsp3) is 0.333. The molecule has 90 valence electrons. The summed E-state index contributed by atoms with van der Waals surface area (Å²) < 4.78 is 27.6. The van der Waals surface area contributed by atoms with Gasteiger partial charge in [0.2, 0.25) is 0 Å². The Morgan fingerprint density at radius 3 is 2.59 bits per heavy atom. The van der Waals surface area contributed by atoms with Crippen molar-refractivity contribution in [3.05, 3.63) is 33.6 Å². The Balaban J connectivity index is 2.86. The SMILES string of the molecule is Cc1c(F)[nH]c2nc(=S)c(C(C)C)cc-2c1F. The van der Waals surface area contributed by atoms with E-state index in [1.165, 1.54) is 6.92 Å². The molecule has 2 aliphatic heterocycles. The van der Waals surface area contributed by atoms with Crippen molar-refractivity contribution >= 4 is 12.2 Å². The number of pyridine rings is 2. The Kier molecular flexibility index (Phi) is 2.95. The second-order valence-corrected chi connectivity index (χ2v) is 4.70. The van der Waals surface area contributed by atoms with Gasteiger partial charge in [-0.2, -0.15) is 4.39 Å². The van der Waals surface area contributed by atoms with Gasteiger partial charge in [0.25, 0.3) is 0 Å². The monoisotopic (exact) mass is 254 g/mol. The fourth-order valence-corrected chi connectivity index (χ4v) is 2.07. The summed E-state index contributed by atoms with van der Waals surface area (Å²) >= 11 is 5.10. The van der Waals surface area contributed by atoms with Crippen molar-refractivity contribution in [3.63, 3.8) is 0 Å². The molecule has 0 unspecified atom stereocenters. The number of nitrogens with one attached hydrogen (secondary N) is 1. The quantitative estimate of drug-likeness (QED) is 0.616. The minimum Gasteiger partial charge on any atom is -0.316 e. The highest BCUT2D eigenvalue weighted by Crippen LogP contribution is 2.28. The van der Waals surface area contributed by atoms with Crippen molar-refractivity contribution in [2.75, 3.05) is 0 Å². The second kappa shape index (κ2) is 4.14. The number of aromatic nitrogens is 2. The first-order chi connectivity index (χ1) is 7.91. The topological polar surface area (TPSA) is 28.7 Å². The zero-order valence-electron chi connectivity index (χ0n) is 9.77. The van der Waals surface area contributed by atoms with E-state index in [1.807, 2.05) is 13.8 Å². The van der Waals surface area contributed by atoms with Gasteiger partial charge in [-0.15, -0.1) is 0 Å². The molecule has 0 aromatic heterocycles.